The fourth-order valence-corrected chi connectivity index (χ4v) is 5.02. The number of aliphatic carboxylic acids is 1. The quantitative estimate of drug-likeness (QED) is 0.703. The molecule has 1 spiro atoms. The highest BCUT2D eigenvalue weighted by Gasteiger charge is 2.58. The van der Waals surface area contributed by atoms with Gasteiger partial charge in [0, 0.05) is 23.8 Å². The first kappa shape index (κ1) is 21.7. The third-order valence-electron chi connectivity index (χ3n) is 6.28. The molecule has 0 radical (unpaired) electrons. The van der Waals surface area contributed by atoms with Crippen LogP contribution in [0.15, 0.2) is 11.6 Å². The minimum atomic E-state index is -4.98. The normalized spacial score (nSPS) is 30.6. The summed E-state index contributed by atoms with van der Waals surface area (Å²) in [7, 11) is 0. The second kappa shape index (κ2) is 8.20. The van der Waals surface area contributed by atoms with Crippen LogP contribution in [0.25, 0.3) is 0 Å². The lowest BCUT2D eigenvalue weighted by Crippen LogP contribution is -2.64. The van der Waals surface area contributed by atoms with Gasteiger partial charge in [0.05, 0.1) is 0 Å². The summed E-state index contributed by atoms with van der Waals surface area (Å²) in [5.41, 5.74) is -0.858. The van der Waals surface area contributed by atoms with E-state index in [1.165, 1.54) is 13.0 Å². The molecule has 4 atom stereocenters. The number of aliphatic hydroxyl groups is 1. The summed E-state index contributed by atoms with van der Waals surface area (Å²) in [5, 5.41) is 18.6. The van der Waals surface area contributed by atoms with Crippen molar-refractivity contribution in [3.63, 3.8) is 0 Å². The van der Waals surface area contributed by atoms with Gasteiger partial charge in [0.15, 0.2) is 0 Å². The van der Waals surface area contributed by atoms with Crippen LogP contribution in [-0.4, -0.2) is 51.4 Å². The average Bonchev–Trinajstić information content (AvgIpc) is 3.01. The van der Waals surface area contributed by atoms with Crippen LogP contribution in [0.2, 0.25) is 0 Å². The van der Waals surface area contributed by atoms with Crippen molar-refractivity contribution in [2.24, 2.45) is 11.8 Å². The lowest BCUT2D eigenvalue weighted by molar-refractivity contribution is -0.201. The number of nitrogens with zero attached hydrogens (tertiary/aromatic N) is 1. The van der Waals surface area contributed by atoms with Crippen molar-refractivity contribution in [3.05, 3.63) is 11.6 Å². The maximum atomic E-state index is 13.4. The van der Waals surface area contributed by atoms with Crippen molar-refractivity contribution in [1.29, 1.82) is 0 Å². The van der Waals surface area contributed by atoms with Gasteiger partial charge in [-0.05, 0) is 57.3 Å². The van der Waals surface area contributed by atoms with Gasteiger partial charge < -0.3 is 15.1 Å². The molecule has 1 aliphatic heterocycles. The number of rotatable bonds is 5. The lowest BCUT2D eigenvalue weighted by Gasteiger charge is -2.54. The molecule has 0 unspecified atom stereocenters. The first-order valence-electron chi connectivity index (χ1n) is 9.46. The maximum absolute atomic E-state index is 13.4. The molecule has 8 heteroatoms. The van der Waals surface area contributed by atoms with E-state index in [4.69, 9.17) is 5.11 Å². The molecule has 0 aromatic rings. The second-order valence-corrected chi connectivity index (χ2v) is 7.91. The molecule has 1 heterocycles. The first-order valence-corrected chi connectivity index (χ1v) is 9.46. The number of carbonyl (C=O) groups excluding carboxylic acids is 1. The molecule has 1 amide bonds. The van der Waals surface area contributed by atoms with Crippen LogP contribution in [0.5, 0.6) is 0 Å². The van der Waals surface area contributed by atoms with Crippen molar-refractivity contribution >= 4 is 11.9 Å². The molecule has 2 fully saturated rings. The highest BCUT2D eigenvalue weighted by molar-refractivity contribution is 5.86. The van der Waals surface area contributed by atoms with E-state index in [0.717, 1.165) is 4.90 Å². The number of piperidine rings is 1. The molecule has 2 rings (SSSR count). The Morgan fingerprint density at radius 2 is 1.85 bits per heavy atom. The van der Waals surface area contributed by atoms with Gasteiger partial charge in [-0.3, -0.25) is 4.79 Å². The number of halogens is 3. The fraction of sp³-hybridized carbons (Fsp3) is 0.789. The van der Waals surface area contributed by atoms with Gasteiger partial charge in [0.25, 0.3) is 0 Å². The summed E-state index contributed by atoms with van der Waals surface area (Å²) in [6, 6.07) is -0.686. The van der Waals surface area contributed by atoms with Gasteiger partial charge in [-0.25, -0.2) is 4.79 Å². The number of carbonyl (C=O) groups is 2. The number of aliphatic hydroxyl groups excluding tert-OH is 1. The molecular formula is C19H28F3NO4. The Hall–Kier alpha value is -1.57. The van der Waals surface area contributed by atoms with Crippen LogP contribution < -0.4 is 0 Å². The SMILES string of the molecule is C/C(=C\C[C@H]1CCC[C@]2(CCC[C@@H]2[C@@H](C)CO)N1C(=O)C(F)(F)F)C(=O)O. The number of amides is 1. The standard InChI is InChI=1S/C19H28F3NO4/c1-12(16(25)26)7-8-14-5-3-9-18(23(14)17(27)19(20,21)22)10-4-6-15(18)13(2)11-24/h7,13-15,24H,3-6,8-11H2,1-2H3,(H,25,26)/b12-7+/t13-,14+,15+,18+/m0/s1. The molecule has 5 nitrogen and oxygen atoms in total. The van der Waals surface area contributed by atoms with E-state index >= 15 is 0 Å². The minimum absolute atomic E-state index is 0.0562. The third kappa shape index (κ3) is 4.31. The monoisotopic (exact) mass is 391 g/mol. The lowest BCUT2D eigenvalue weighted by atomic mass is 9.71. The molecule has 0 bridgehead atoms. The predicted octanol–water partition coefficient (Wildman–Crippen LogP) is 3.52. The van der Waals surface area contributed by atoms with Crippen LogP contribution in [0, 0.1) is 11.8 Å². The number of alkyl halides is 3. The van der Waals surface area contributed by atoms with Crippen molar-refractivity contribution in [3.8, 4) is 0 Å². The molecule has 1 aliphatic carbocycles. The van der Waals surface area contributed by atoms with Crippen molar-refractivity contribution in [2.75, 3.05) is 6.61 Å². The van der Waals surface area contributed by atoms with Crippen LogP contribution in [0.3, 0.4) is 0 Å². The molecular weight excluding hydrogens is 363 g/mol. The van der Waals surface area contributed by atoms with E-state index in [0.29, 0.717) is 38.5 Å². The zero-order valence-corrected chi connectivity index (χ0v) is 15.8. The van der Waals surface area contributed by atoms with Gasteiger partial charge in [0.1, 0.15) is 0 Å². The molecule has 2 aliphatic rings. The smallest absolute Gasteiger partial charge is 0.471 e. The molecule has 2 N–H and O–H groups in total. The molecule has 27 heavy (non-hydrogen) atoms. The van der Waals surface area contributed by atoms with E-state index in [-0.39, 0.29) is 30.4 Å². The Balaban J connectivity index is 2.44. The van der Waals surface area contributed by atoms with Crippen LogP contribution >= 0.6 is 0 Å². The minimum Gasteiger partial charge on any atom is -0.478 e. The fourth-order valence-electron chi connectivity index (χ4n) is 5.02. The van der Waals surface area contributed by atoms with Gasteiger partial charge >= 0.3 is 18.1 Å². The Morgan fingerprint density at radius 1 is 1.26 bits per heavy atom. The number of carboxylic acids is 1. The molecule has 154 valence electrons. The highest BCUT2D eigenvalue weighted by atomic mass is 19.4. The predicted molar refractivity (Wildman–Crippen MR) is 92.9 cm³/mol. The number of hydrogen-bond acceptors (Lipinski definition) is 3. The van der Waals surface area contributed by atoms with Crippen molar-refractivity contribution in [2.45, 2.75) is 76.6 Å². The van der Waals surface area contributed by atoms with Crippen molar-refractivity contribution < 1.29 is 33.0 Å². The van der Waals surface area contributed by atoms with E-state index < -0.39 is 29.6 Å². The van der Waals surface area contributed by atoms with Gasteiger partial charge in [-0.1, -0.05) is 19.4 Å². The zero-order chi connectivity index (χ0) is 20.4. The van der Waals surface area contributed by atoms with Crippen LogP contribution in [0.4, 0.5) is 13.2 Å². The Bertz CT molecular complexity index is 604. The van der Waals surface area contributed by atoms with Gasteiger partial charge in [-0.15, -0.1) is 0 Å². The molecule has 1 saturated heterocycles. The van der Waals surface area contributed by atoms with Gasteiger partial charge in [-0.2, -0.15) is 13.2 Å². The number of hydrogen-bond donors (Lipinski definition) is 2. The van der Waals surface area contributed by atoms with Crippen molar-refractivity contribution in [1.82, 2.24) is 4.90 Å². The molecule has 0 aromatic heterocycles. The van der Waals surface area contributed by atoms with Crippen LogP contribution in [0.1, 0.15) is 58.8 Å². The topological polar surface area (TPSA) is 77.8 Å². The summed E-state index contributed by atoms with van der Waals surface area (Å²) in [5.74, 6) is -3.36. The van der Waals surface area contributed by atoms with Gasteiger partial charge in [0.2, 0.25) is 0 Å². The zero-order valence-electron chi connectivity index (χ0n) is 15.8. The molecule has 0 aromatic carbocycles. The number of likely N-dealkylation sites (tertiary alicyclic amines) is 1. The third-order valence-corrected chi connectivity index (χ3v) is 6.28. The average molecular weight is 391 g/mol. The summed E-state index contributed by atoms with van der Waals surface area (Å²) in [6.45, 7) is 3.07. The van der Waals surface area contributed by atoms with E-state index in [1.54, 1.807) is 0 Å². The Labute approximate surface area is 157 Å². The largest absolute Gasteiger partial charge is 0.478 e. The Kier molecular flexibility index (Phi) is 6.60. The van der Waals surface area contributed by atoms with E-state index in [9.17, 15) is 27.9 Å². The summed E-state index contributed by atoms with van der Waals surface area (Å²) in [4.78, 5) is 24.5. The summed E-state index contributed by atoms with van der Waals surface area (Å²) in [6.07, 6.45) is -0.0286. The van der Waals surface area contributed by atoms with Crippen LogP contribution in [-0.2, 0) is 9.59 Å². The van der Waals surface area contributed by atoms with E-state index in [1.807, 2.05) is 6.92 Å². The Morgan fingerprint density at radius 3 is 2.37 bits per heavy atom. The maximum Gasteiger partial charge on any atom is 0.471 e. The number of carboxylic acid groups (broad SMARTS) is 1. The first-order chi connectivity index (χ1) is 12.5. The summed E-state index contributed by atoms with van der Waals surface area (Å²) < 4.78 is 40.3. The molecule has 1 saturated carbocycles. The van der Waals surface area contributed by atoms with E-state index in [2.05, 4.69) is 0 Å². The second-order valence-electron chi connectivity index (χ2n) is 7.91. The summed E-state index contributed by atoms with van der Waals surface area (Å²) >= 11 is 0. The highest BCUT2D eigenvalue weighted by Crippen LogP contribution is 2.52.